The van der Waals surface area contributed by atoms with E-state index in [1.807, 2.05) is 18.2 Å². The Hall–Kier alpha value is -2.89. The molecule has 25 heavy (non-hydrogen) atoms. The number of hydrogen-bond donors (Lipinski definition) is 1. The lowest BCUT2D eigenvalue weighted by atomic mass is 10.1. The number of benzene rings is 2. The van der Waals surface area contributed by atoms with E-state index in [0.717, 1.165) is 5.56 Å². The maximum atomic E-state index is 13.1. The monoisotopic (exact) mass is 342 g/mol. The third-order valence-electron chi connectivity index (χ3n) is 4.00. The quantitative estimate of drug-likeness (QED) is 0.876. The van der Waals surface area contributed by atoms with Gasteiger partial charge < -0.3 is 15.0 Å². The van der Waals surface area contributed by atoms with Gasteiger partial charge in [0, 0.05) is 19.5 Å². The van der Waals surface area contributed by atoms with Gasteiger partial charge in [-0.1, -0.05) is 24.3 Å². The van der Waals surface area contributed by atoms with Crippen molar-refractivity contribution in [3.05, 3.63) is 59.9 Å². The second-order valence-corrected chi connectivity index (χ2v) is 5.78. The van der Waals surface area contributed by atoms with Crippen LogP contribution in [0.2, 0.25) is 0 Å². The molecule has 2 aromatic rings. The van der Waals surface area contributed by atoms with Crippen LogP contribution >= 0.6 is 0 Å². The topological polar surface area (TPSA) is 58.6 Å². The van der Waals surface area contributed by atoms with Gasteiger partial charge in [-0.15, -0.1) is 0 Å². The van der Waals surface area contributed by atoms with Crippen molar-refractivity contribution in [3.8, 4) is 5.75 Å². The molecule has 0 radical (unpaired) electrons. The number of amides is 2. The Labute approximate surface area is 145 Å². The minimum Gasteiger partial charge on any atom is -0.482 e. The Kier molecular flexibility index (Phi) is 5.28. The molecule has 6 heteroatoms. The Balaban J connectivity index is 1.48. The summed E-state index contributed by atoms with van der Waals surface area (Å²) in [5.74, 6) is 0.0568. The van der Waals surface area contributed by atoms with E-state index < -0.39 is 0 Å². The van der Waals surface area contributed by atoms with E-state index in [1.165, 1.54) is 12.1 Å². The average molecular weight is 342 g/mol. The summed E-state index contributed by atoms with van der Waals surface area (Å²) in [4.78, 5) is 25.6. The Morgan fingerprint density at radius 2 is 2.04 bits per heavy atom. The molecule has 130 valence electrons. The number of nitrogens with one attached hydrogen (secondary N) is 1. The molecular weight excluding hydrogens is 323 g/mol. The van der Waals surface area contributed by atoms with Gasteiger partial charge >= 0.3 is 0 Å². The molecule has 0 saturated heterocycles. The highest BCUT2D eigenvalue weighted by molar-refractivity contribution is 5.98. The highest BCUT2D eigenvalue weighted by Gasteiger charge is 2.25. The lowest BCUT2D eigenvalue weighted by molar-refractivity contribution is -0.122. The van der Waals surface area contributed by atoms with Crippen LogP contribution in [0.5, 0.6) is 5.75 Å². The maximum Gasteiger partial charge on any atom is 0.265 e. The number of fused-ring (bicyclic) bond motifs is 1. The van der Waals surface area contributed by atoms with Gasteiger partial charge in [-0.05, 0) is 36.2 Å². The second kappa shape index (κ2) is 7.79. The molecule has 0 aliphatic carbocycles. The minimum absolute atomic E-state index is 0.0157. The largest absolute Gasteiger partial charge is 0.482 e. The molecule has 0 aromatic heterocycles. The number of carbonyl (C=O) groups excluding carboxylic acids is 2. The molecule has 1 aliphatic heterocycles. The number of anilines is 1. The van der Waals surface area contributed by atoms with E-state index in [1.54, 1.807) is 23.1 Å². The zero-order valence-electron chi connectivity index (χ0n) is 13.7. The third kappa shape index (κ3) is 4.35. The van der Waals surface area contributed by atoms with Crippen molar-refractivity contribution in [2.45, 2.75) is 12.8 Å². The van der Waals surface area contributed by atoms with Gasteiger partial charge in [-0.3, -0.25) is 9.59 Å². The van der Waals surface area contributed by atoms with Gasteiger partial charge in [0.15, 0.2) is 6.61 Å². The van der Waals surface area contributed by atoms with Gasteiger partial charge in [0.05, 0.1) is 5.69 Å². The molecule has 2 aromatic carbocycles. The number of hydrogen-bond acceptors (Lipinski definition) is 3. The molecule has 0 bridgehead atoms. The van der Waals surface area contributed by atoms with Crippen molar-refractivity contribution in [2.24, 2.45) is 0 Å². The molecule has 1 heterocycles. The summed E-state index contributed by atoms with van der Waals surface area (Å²) in [6.07, 6.45) is 0.756. The third-order valence-corrected chi connectivity index (χ3v) is 4.00. The number of carbonyl (C=O) groups is 2. The van der Waals surface area contributed by atoms with E-state index in [2.05, 4.69) is 5.32 Å². The Morgan fingerprint density at radius 1 is 1.20 bits per heavy atom. The molecule has 5 nitrogen and oxygen atoms in total. The number of halogens is 1. The van der Waals surface area contributed by atoms with Crippen LogP contribution in [0.3, 0.4) is 0 Å². The van der Waals surface area contributed by atoms with Gasteiger partial charge in [0.25, 0.3) is 5.91 Å². The van der Waals surface area contributed by atoms with Gasteiger partial charge in [0.1, 0.15) is 11.6 Å². The average Bonchev–Trinajstić information content (AvgIpc) is 2.61. The Bertz CT molecular complexity index is 779. The van der Waals surface area contributed by atoms with Gasteiger partial charge in [0.2, 0.25) is 5.91 Å². The summed E-state index contributed by atoms with van der Waals surface area (Å²) in [5, 5.41) is 2.80. The number of nitrogens with zero attached hydrogens (tertiary/aromatic N) is 1. The fourth-order valence-electron chi connectivity index (χ4n) is 2.74. The molecular formula is C19H19FN2O3. The van der Waals surface area contributed by atoms with Crippen LogP contribution in [0.4, 0.5) is 10.1 Å². The summed E-state index contributed by atoms with van der Waals surface area (Å²) < 4.78 is 18.5. The van der Waals surface area contributed by atoms with E-state index in [9.17, 15) is 14.0 Å². The van der Waals surface area contributed by atoms with Crippen LogP contribution < -0.4 is 15.0 Å². The fourth-order valence-corrected chi connectivity index (χ4v) is 2.74. The van der Waals surface area contributed by atoms with Crippen molar-refractivity contribution in [1.82, 2.24) is 5.32 Å². The van der Waals surface area contributed by atoms with E-state index >= 15 is 0 Å². The van der Waals surface area contributed by atoms with Crippen LogP contribution in [0.25, 0.3) is 0 Å². The van der Waals surface area contributed by atoms with Crippen molar-refractivity contribution < 1.29 is 18.7 Å². The van der Waals surface area contributed by atoms with Crippen LogP contribution in [-0.4, -0.2) is 31.5 Å². The molecule has 1 aliphatic rings. The summed E-state index contributed by atoms with van der Waals surface area (Å²) >= 11 is 0. The first kappa shape index (κ1) is 17.0. The van der Waals surface area contributed by atoms with Gasteiger partial charge in [-0.2, -0.15) is 0 Å². The van der Waals surface area contributed by atoms with E-state index in [-0.39, 0.29) is 30.7 Å². The molecule has 0 spiro atoms. The molecule has 2 amide bonds. The predicted molar refractivity (Wildman–Crippen MR) is 92.0 cm³/mol. The van der Waals surface area contributed by atoms with Crippen LogP contribution in [-0.2, 0) is 16.0 Å². The molecule has 0 atom stereocenters. The molecule has 3 rings (SSSR count). The zero-order chi connectivity index (χ0) is 17.6. The van der Waals surface area contributed by atoms with Crippen molar-refractivity contribution in [2.75, 3.05) is 24.6 Å². The fraction of sp³-hybridized carbons (Fsp3) is 0.263. The highest BCUT2D eigenvalue weighted by Crippen LogP contribution is 2.31. The van der Waals surface area contributed by atoms with Crippen LogP contribution in [0, 0.1) is 5.82 Å². The summed E-state index contributed by atoms with van der Waals surface area (Å²) in [6, 6.07) is 13.6. The Morgan fingerprint density at radius 3 is 2.88 bits per heavy atom. The van der Waals surface area contributed by atoms with Crippen molar-refractivity contribution in [3.63, 3.8) is 0 Å². The van der Waals surface area contributed by atoms with E-state index in [0.29, 0.717) is 30.9 Å². The van der Waals surface area contributed by atoms with Gasteiger partial charge in [-0.25, -0.2) is 4.39 Å². The normalized spacial score (nSPS) is 13.2. The SMILES string of the molecule is O=C(CCN1C(=O)COc2ccccc21)NCCc1cccc(F)c1. The first-order valence-electron chi connectivity index (χ1n) is 8.17. The molecule has 0 saturated carbocycles. The number of ether oxygens (including phenoxy) is 1. The first-order valence-corrected chi connectivity index (χ1v) is 8.17. The maximum absolute atomic E-state index is 13.1. The lowest BCUT2D eigenvalue weighted by Crippen LogP contribution is -2.41. The van der Waals surface area contributed by atoms with Crippen molar-refractivity contribution >= 4 is 17.5 Å². The lowest BCUT2D eigenvalue weighted by Gasteiger charge is -2.29. The minimum atomic E-state index is -0.284. The highest BCUT2D eigenvalue weighted by atomic mass is 19.1. The molecule has 1 N–H and O–H groups in total. The number of rotatable bonds is 6. The predicted octanol–water partition coefficient (Wildman–Crippen LogP) is 2.30. The summed E-state index contributed by atoms with van der Waals surface area (Å²) in [5.41, 5.74) is 1.52. The standard InChI is InChI=1S/C19H19FN2O3/c20-15-5-3-4-14(12-15)8-10-21-18(23)9-11-22-16-6-1-2-7-17(16)25-13-19(22)24/h1-7,12H,8-11,13H2,(H,21,23). The molecule has 0 fully saturated rings. The van der Waals surface area contributed by atoms with Crippen molar-refractivity contribution in [1.29, 1.82) is 0 Å². The van der Waals surface area contributed by atoms with E-state index in [4.69, 9.17) is 4.74 Å². The molecule has 0 unspecified atom stereocenters. The summed E-state index contributed by atoms with van der Waals surface area (Å²) in [6.45, 7) is 0.707. The summed E-state index contributed by atoms with van der Waals surface area (Å²) in [7, 11) is 0. The number of para-hydroxylation sites is 2. The first-order chi connectivity index (χ1) is 12.1. The van der Waals surface area contributed by atoms with Crippen LogP contribution in [0.15, 0.2) is 48.5 Å². The second-order valence-electron chi connectivity index (χ2n) is 5.78. The smallest absolute Gasteiger partial charge is 0.265 e. The van der Waals surface area contributed by atoms with Crippen LogP contribution in [0.1, 0.15) is 12.0 Å². The zero-order valence-corrected chi connectivity index (χ0v) is 13.7.